The summed E-state index contributed by atoms with van der Waals surface area (Å²) in [5.74, 6) is -0.00736. The summed E-state index contributed by atoms with van der Waals surface area (Å²) in [6.07, 6.45) is 1.64. The predicted octanol–water partition coefficient (Wildman–Crippen LogP) is 0.810. The Morgan fingerprint density at radius 1 is 1.47 bits per heavy atom. The molecule has 19 heavy (non-hydrogen) atoms. The van der Waals surface area contributed by atoms with Crippen LogP contribution in [0.1, 0.15) is 23.2 Å². The molecule has 1 aromatic rings. The summed E-state index contributed by atoms with van der Waals surface area (Å²) in [7, 11) is 0. The van der Waals surface area contributed by atoms with Crippen LogP contribution in [-0.2, 0) is 0 Å². The second-order valence-electron chi connectivity index (χ2n) is 4.61. The summed E-state index contributed by atoms with van der Waals surface area (Å²) in [6.45, 7) is 0.614. The molecule has 1 aliphatic rings. The highest BCUT2D eigenvalue weighted by atomic mass is 16.6. The lowest BCUT2D eigenvalue weighted by Gasteiger charge is -2.34. The van der Waals surface area contributed by atoms with Crippen molar-refractivity contribution >= 4 is 11.6 Å². The molecule has 0 aliphatic heterocycles. The van der Waals surface area contributed by atoms with Crippen molar-refractivity contribution in [3.63, 3.8) is 0 Å². The number of rotatable bonds is 5. The number of carbonyl (C=O) groups is 1. The molecule has 0 saturated heterocycles. The van der Waals surface area contributed by atoms with E-state index in [1.54, 1.807) is 0 Å². The minimum Gasteiger partial charge on any atom is -0.490 e. The van der Waals surface area contributed by atoms with Gasteiger partial charge in [0.1, 0.15) is 5.75 Å². The predicted molar refractivity (Wildman–Crippen MR) is 67.8 cm³/mol. The first-order valence-corrected chi connectivity index (χ1v) is 5.96. The van der Waals surface area contributed by atoms with Crippen molar-refractivity contribution in [1.82, 2.24) is 0 Å². The Bertz CT molecular complexity index is 512. The maximum absolute atomic E-state index is 11.3. The topological polar surface area (TPSA) is 121 Å². The van der Waals surface area contributed by atoms with Crippen molar-refractivity contribution in [3.05, 3.63) is 33.9 Å². The lowest BCUT2D eigenvalue weighted by molar-refractivity contribution is -0.384. The number of hydrogen-bond acceptors (Lipinski definition) is 5. The van der Waals surface area contributed by atoms with Crippen molar-refractivity contribution in [1.29, 1.82) is 0 Å². The number of nitro groups is 1. The Labute approximate surface area is 109 Å². The van der Waals surface area contributed by atoms with Crippen molar-refractivity contribution in [2.75, 3.05) is 6.54 Å². The third-order valence-electron chi connectivity index (χ3n) is 3.26. The zero-order chi connectivity index (χ0) is 14.0. The van der Waals surface area contributed by atoms with Gasteiger partial charge in [0.05, 0.1) is 16.6 Å². The molecular formula is C12H15N3O4. The van der Waals surface area contributed by atoms with Gasteiger partial charge in [-0.15, -0.1) is 0 Å². The Morgan fingerprint density at radius 2 is 2.16 bits per heavy atom. The SMILES string of the molecule is NCC1CC(Oc2ccc([N+](=O)[O-])cc2C(N)=O)C1. The number of nitrogens with zero attached hydrogens (tertiary/aromatic N) is 1. The molecule has 0 bridgehead atoms. The largest absolute Gasteiger partial charge is 0.490 e. The first-order valence-electron chi connectivity index (χ1n) is 5.96. The van der Waals surface area contributed by atoms with E-state index in [0.29, 0.717) is 18.2 Å². The molecule has 0 unspecified atom stereocenters. The zero-order valence-electron chi connectivity index (χ0n) is 10.2. The lowest BCUT2D eigenvalue weighted by atomic mass is 9.82. The van der Waals surface area contributed by atoms with Gasteiger partial charge in [0.15, 0.2) is 0 Å². The smallest absolute Gasteiger partial charge is 0.270 e. The van der Waals surface area contributed by atoms with Crippen LogP contribution in [0.3, 0.4) is 0 Å². The fourth-order valence-electron chi connectivity index (χ4n) is 2.07. The molecule has 1 aromatic carbocycles. The normalized spacial score (nSPS) is 21.5. The summed E-state index contributed by atoms with van der Waals surface area (Å²) < 4.78 is 5.63. The average molecular weight is 265 g/mol. The average Bonchev–Trinajstić information content (AvgIpc) is 2.32. The van der Waals surface area contributed by atoms with Gasteiger partial charge in [-0.2, -0.15) is 0 Å². The van der Waals surface area contributed by atoms with Crippen molar-refractivity contribution in [2.45, 2.75) is 18.9 Å². The van der Waals surface area contributed by atoms with E-state index in [-0.39, 0.29) is 17.4 Å². The van der Waals surface area contributed by atoms with Crippen LogP contribution < -0.4 is 16.2 Å². The Morgan fingerprint density at radius 3 is 2.68 bits per heavy atom. The van der Waals surface area contributed by atoms with Crippen molar-refractivity contribution in [3.8, 4) is 5.75 Å². The first kappa shape index (κ1) is 13.3. The van der Waals surface area contributed by atoms with E-state index < -0.39 is 10.8 Å². The quantitative estimate of drug-likeness (QED) is 0.602. The highest BCUT2D eigenvalue weighted by Gasteiger charge is 2.30. The van der Waals surface area contributed by atoms with Gasteiger partial charge < -0.3 is 16.2 Å². The molecule has 1 fully saturated rings. The monoisotopic (exact) mass is 265 g/mol. The molecule has 102 valence electrons. The summed E-state index contributed by atoms with van der Waals surface area (Å²) in [5, 5.41) is 10.7. The van der Waals surface area contributed by atoms with E-state index in [1.807, 2.05) is 0 Å². The maximum Gasteiger partial charge on any atom is 0.270 e. The van der Waals surface area contributed by atoms with Crippen LogP contribution in [0, 0.1) is 16.0 Å². The van der Waals surface area contributed by atoms with Crippen LogP contribution in [0.15, 0.2) is 18.2 Å². The number of ether oxygens (including phenoxy) is 1. The third kappa shape index (κ3) is 2.82. The van der Waals surface area contributed by atoms with Gasteiger partial charge in [0.25, 0.3) is 11.6 Å². The molecule has 7 heteroatoms. The van der Waals surface area contributed by atoms with Crippen LogP contribution in [0.5, 0.6) is 5.75 Å². The van der Waals surface area contributed by atoms with Crippen LogP contribution in [0.2, 0.25) is 0 Å². The van der Waals surface area contributed by atoms with Crippen LogP contribution in [0.4, 0.5) is 5.69 Å². The van der Waals surface area contributed by atoms with Gasteiger partial charge in [0.2, 0.25) is 0 Å². The molecule has 0 spiro atoms. The van der Waals surface area contributed by atoms with Crippen LogP contribution >= 0.6 is 0 Å². The Kier molecular flexibility index (Phi) is 3.66. The van der Waals surface area contributed by atoms with E-state index in [2.05, 4.69) is 0 Å². The molecule has 2 rings (SSSR count). The van der Waals surface area contributed by atoms with Gasteiger partial charge in [-0.25, -0.2) is 0 Å². The van der Waals surface area contributed by atoms with Gasteiger partial charge in [-0.3, -0.25) is 14.9 Å². The van der Waals surface area contributed by atoms with E-state index in [0.717, 1.165) is 18.9 Å². The fourth-order valence-corrected chi connectivity index (χ4v) is 2.07. The summed E-state index contributed by atoms with van der Waals surface area (Å²) in [5.41, 5.74) is 10.6. The van der Waals surface area contributed by atoms with E-state index in [4.69, 9.17) is 16.2 Å². The number of carbonyl (C=O) groups excluding carboxylic acids is 1. The van der Waals surface area contributed by atoms with E-state index in [1.165, 1.54) is 12.1 Å². The molecule has 7 nitrogen and oxygen atoms in total. The number of nitrogens with two attached hydrogens (primary N) is 2. The lowest BCUT2D eigenvalue weighted by Crippen LogP contribution is -2.38. The van der Waals surface area contributed by atoms with Gasteiger partial charge in [-0.05, 0) is 31.4 Å². The first-order chi connectivity index (χ1) is 9.01. The maximum atomic E-state index is 11.3. The number of nitro benzene ring substituents is 1. The molecule has 1 saturated carbocycles. The van der Waals surface area contributed by atoms with Crippen molar-refractivity contribution < 1.29 is 14.5 Å². The number of primary amides is 1. The van der Waals surface area contributed by atoms with Gasteiger partial charge >= 0.3 is 0 Å². The standard InChI is InChI=1S/C12H15N3O4/c13-6-7-3-9(4-7)19-11-2-1-8(15(17)18)5-10(11)12(14)16/h1-2,5,7,9H,3-4,6,13H2,(H2,14,16). The minimum absolute atomic E-state index is 0.00638. The molecule has 4 N–H and O–H groups in total. The molecule has 0 aromatic heterocycles. The third-order valence-corrected chi connectivity index (χ3v) is 3.26. The second-order valence-corrected chi connectivity index (χ2v) is 4.61. The summed E-state index contributed by atoms with van der Waals surface area (Å²) in [6, 6.07) is 3.84. The molecule has 1 amide bonds. The van der Waals surface area contributed by atoms with Gasteiger partial charge in [-0.1, -0.05) is 0 Å². The zero-order valence-corrected chi connectivity index (χ0v) is 10.2. The molecule has 0 atom stereocenters. The molecule has 0 radical (unpaired) electrons. The van der Waals surface area contributed by atoms with Crippen LogP contribution in [-0.4, -0.2) is 23.5 Å². The summed E-state index contributed by atoms with van der Waals surface area (Å²) in [4.78, 5) is 21.4. The minimum atomic E-state index is -0.742. The van der Waals surface area contributed by atoms with E-state index >= 15 is 0 Å². The summed E-state index contributed by atoms with van der Waals surface area (Å²) >= 11 is 0. The molecule has 1 aliphatic carbocycles. The molecule has 0 heterocycles. The second kappa shape index (κ2) is 5.23. The Hall–Kier alpha value is -2.15. The van der Waals surface area contributed by atoms with Crippen LogP contribution in [0.25, 0.3) is 0 Å². The number of amides is 1. The number of hydrogen-bond donors (Lipinski definition) is 2. The van der Waals surface area contributed by atoms with E-state index in [9.17, 15) is 14.9 Å². The molecular weight excluding hydrogens is 250 g/mol. The van der Waals surface area contributed by atoms with Crippen molar-refractivity contribution in [2.24, 2.45) is 17.4 Å². The highest BCUT2D eigenvalue weighted by Crippen LogP contribution is 2.33. The van der Waals surface area contributed by atoms with Gasteiger partial charge in [0, 0.05) is 12.1 Å². The fraction of sp³-hybridized carbons (Fsp3) is 0.417. The Balaban J connectivity index is 2.16. The number of non-ortho nitro benzene ring substituents is 1. The number of benzene rings is 1. The highest BCUT2D eigenvalue weighted by molar-refractivity contribution is 5.96.